The van der Waals surface area contributed by atoms with Crippen LogP contribution in [-0.2, 0) is 14.4 Å². The molecule has 0 saturated carbocycles. The van der Waals surface area contributed by atoms with Crippen LogP contribution in [0.25, 0.3) is 6.08 Å². The summed E-state index contributed by atoms with van der Waals surface area (Å²) in [4.78, 5) is 40.3. The van der Waals surface area contributed by atoms with Gasteiger partial charge in [0, 0.05) is 13.1 Å². The maximum absolute atomic E-state index is 12.9. The molecule has 0 bridgehead atoms. The molecule has 0 aliphatic carbocycles. The Morgan fingerprint density at radius 3 is 2.66 bits per heavy atom. The second kappa shape index (κ2) is 8.96. The number of aliphatic carboxylic acids is 1. The molecule has 1 N–H and O–H groups in total. The minimum absolute atomic E-state index is 0.215. The van der Waals surface area contributed by atoms with E-state index in [4.69, 9.17) is 22.1 Å². The predicted octanol–water partition coefficient (Wildman–Crippen LogP) is 2.61. The van der Waals surface area contributed by atoms with Gasteiger partial charge in [-0.1, -0.05) is 36.1 Å². The van der Waals surface area contributed by atoms with E-state index in [9.17, 15) is 14.4 Å². The van der Waals surface area contributed by atoms with E-state index in [-0.39, 0.29) is 11.8 Å². The van der Waals surface area contributed by atoms with Crippen LogP contribution in [0.3, 0.4) is 0 Å². The van der Waals surface area contributed by atoms with Crippen molar-refractivity contribution >= 4 is 52.2 Å². The molecule has 2 aliphatic rings. The van der Waals surface area contributed by atoms with E-state index in [1.54, 1.807) is 25.0 Å². The highest BCUT2D eigenvalue weighted by Crippen LogP contribution is 2.35. The predicted molar refractivity (Wildman–Crippen MR) is 114 cm³/mol. The van der Waals surface area contributed by atoms with E-state index in [1.165, 1.54) is 16.7 Å². The van der Waals surface area contributed by atoms with Gasteiger partial charge in [-0.2, -0.15) is 0 Å². The molecule has 1 aromatic rings. The third-order valence-corrected chi connectivity index (χ3v) is 6.45. The summed E-state index contributed by atoms with van der Waals surface area (Å²) in [6.07, 6.45) is 2.57. The van der Waals surface area contributed by atoms with Crippen LogP contribution in [0.15, 0.2) is 29.2 Å². The number of piperidine rings is 1. The molecule has 0 radical (unpaired) electrons. The van der Waals surface area contributed by atoms with Crippen LogP contribution >= 0.6 is 24.0 Å². The third-order valence-electron chi connectivity index (χ3n) is 5.12. The van der Waals surface area contributed by atoms with Gasteiger partial charge in [0.2, 0.25) is 5.91 Å². The number of likely N-dealkylation sites (tertiary alicyclic amines) is 1. The molecular weight excluding hydrogens is 412 g/mol. The van der Waals surface area contributed by atoms with Gasteiger partial charge in [-0.3, -0.25) is 19.3 Å². The topological polar surface area (TPSA) is 87.2 Å². The lowest BCUT2D eigenvalue weighted by atomic mass is 9.96. The molecule has 2 fully saturated rings. The summed E-state index contributed by atoms with van der Waals surface area (Å²) in [5.41, 5.74) is 0.805. The first-order chi connectivity index (χ1) is 13.8. The molecule has 0 aromatic heterocycles. The van der Waals surface area contributed by atoms with Crippen LogP contribution in [0.2, 0.25) is 0 Å². The van der Waals surface area contributed by atoms with Crippen molar-refractivity contribution in [1.82, 2.24) is 9.80 Å². The van der Waals surface area contributed by atoms with Crippen LogP contribution < -0.4 is 4.74 Å². The Kier molecular flexibility index (Phi) is 6.59. The van der Waals surface area contributed by atoms with Gasteiger partial charge >= 0.3 is 5.97 Å². The number of carboxylic acid groups (broad SMARTS) is 1. The summed E-state index contributed by atoms with van der Waals surface area (Å²) >= 11 is 6.53. The zero-order chi connectivity index (χ0) is 21.1. The highest BCUT2D eigenvalue weighted by molar-refractivity contribution is 8.26. The van der Waals surface area contributed by atoms with E-state index in [0.717, 1.165) is 5.56 Å². The van der Waals surface area contributed by atoms with Crippen molar-refractivity contribution in [2.24, 2.45) is 5.92 Å². The van der Waals surface area contributed by atoms with Crippen molar-refractivity contribution in [2.75, 3.05) is 20.2 Å². The van der Waals surface area contributed by atoms with Gasteiger partial charge < -0.3 is 14.7 Å². The molecule has 2 heterocycles. The van der Waals surface area contributed by atoms with E-state index >= 15 is 0 Å². The number of amides is 2. The second-order valence-electron chi connectivity index (χ2n) is 6.94. The Morgan fingerprint density at radius 2 is 2.03 bits per heavy atom. The fourth-order valence-electron chi connectivity index (χ4n) is 3.42. The van der Waals surface area contributed by atoms with Gasteiger partial charge in [-0.15, -0.1) is 0 Å². The van der Waals surface area contributed by atoms with Crippen LogP contribution in [0.4, 0.5) is 0 Å². The van der Waals surface area contributed by atoms with E-state index in [2.05, 4.69) is 0 Å². The molecule has 0 spiro atoms. The third kappa shape index (κ3) is 4.62. The second-order valence-corrected chi connectivity index (χ2v) is 8.62. The number of hydrogen-bond acceptors (Lipinski definition) is 6. The van der Waals surface area contributed by atoms with Crippen molar-refractivity contribution in [3.05, 3.63) is 34.7 Å². The van der Waals surface area contributed by atoms with Gasteiger partial charge in [-0.05, 0) is 43.5 Å². The van der Waals surface area contributed by atoms with Crippen molar-refractivity contribution in [3.63, 3.8) is 0 Å². The first kappa shape index (κ1) is 21.3. The van der Waals surface area contributed by atoms with Crippen LogP contribution in [0.5, 0.6) is 5.75 Å². The lowest BCUT2D eigenvalue weighted by Crippen LogP contribution is -2.51. The molecule has 29 heavy (non-hydrogen) atoms. The Morgan fingerprint density at radius 1 is 1.34 bits per heavy atom. The summed E-state index contributed by atoms with van der Waals surface area (Å²) in [5, 5.41) is 9.11. The van der Waals surface area contributed by atoms with Crippen molar-refractivity contribution in [3.8, 4) is 5.75 Å². The normalized spacial score (nSPS) is 20.3. The molecular formula is C20H22N2O5S2. The first-order valence-corrected chi connectivity index (χ1v) is 10.5. The molecule has 1 atom stereocenters. The minimum atomic E-state index is -0.829. The van der Waals surface area contributed by atoms with Crippen LogP contribution in [0.1, 0.15) is 25.3 Å². The number of carboxylic acids is 1. The molecule has 2 saturated heterocycles. The van der Waals surface area contributed by atoms with Gasteiger partial charge in [0.15, 0.2) is 0 Å². The van der Waals surface area contributed by atoms with Crippen molar-refractivity contribution in [2.45, 2.75) is 25.8 Å². The number of carbonyl (C=O) groups excluding carboxylic acids is 2. The van der Waals surface area contributed by atoms with Crippen LogP contribution in [0, 0.1) is 5.92 Å². The molecule has 9 heteroatoms. The summed E-state index contributed by atoms with van der Waals surface area (Å²) in [5.74, 6) is -1.08. The SMILES string of the molecule is COc1cccc(/C=C2\SC(=S)N([C@H](C)C(=O)N3CCC(C(=O)O)CC3)C2=O)c1. The number of carbonyl (C=O) groups is 3. The lowest BCUT2D eigenvalue weighted by molar-refractivity contribution is -0.147. The molecule has 2 amide bonds. The monoisotopic (exact) mass is 434 g/mol. The summed E-state index contributed by atoms with van der Waals surface area (Å²) in [6.45, 7) is 2.40. The average molecular weight is 435 g/mol. The van der Waals surface area contributed by atoms with Gasteiger partial charge in [0.05, 0.1) is 17.9 Å². The molecule has 0 unspecified atom stereocenters. The summed E-state index contributed by atoms with van der Waals surface area (Å²) < 4.78 is 5.54. The zero-order valence-electron chi connectivity index (χ0n) is 16.2. The van der Waals surface area contributed by atoms with Gasteiger partial charge in [0.25, 0.3) is 5.91 Å². The average Bonchev–Trinajstić information content (AvgIpc) is 3.00. The highest BCUT2D eigenvalue weighted by atomic mass is 32.2. The number of ether oxygens (including phenoxy) is 1. The molecule has 7 nitrogen and oxygen atoms in total. The summed E-state index contributed by atoms with van der Waals surface area (Å²) in [7, 11) is 1.57. The molecule has 3 rings (SSSR count). The Balaban J connectivity index is 1.71. The standard InChI is InChI=1S/C20H22N2O5S2/c1-12(17(23)21-8-6-14(7-9-21)19(25)26)22-18(24)16(29-20(22)28)11-13-4-3-5-15(10-13)27-2/h3-5,10-12,14H,6-9H2,1-2H3,(H,25,26)/b16-11-/t12-/m1/s1. The fraction of sp³-hybridized carbons (Fsp3) is 0.400. The van der Waals surface area contributed by atoms with E-state index < -0.39 is 17.9 Å². The smallest absolute Gasteiger partial charge is 0.306 e. The van der Waals surface area contributed by atoms with E-state index in [1.807, 2.05) is 24.3 Å². The first-order valence-electron chi connectivity index (χ1n) is 9.24. The number of hydrogen-bond donors (Lipinski definition) is 1. The maximum atomic E-state index is 12.9. The van der Waals surface area contributed by atoms with Crippen molar-refractivity contribution < 1.29 is 24.2 Å². The summed E-state index contributed by atoms with van der Waals surface area (Å²) in [6, 6.07) is 6.58. The van der Waals surface area contributed by atoms with Gasteiger partial charge in [0.1, 0.15) is 16.1 Å². The fourth-order valence-corrected chi connectivity index (χ4v) is 4.84. The molecule has 2 aliphatic heterocycles. The van der Waals surface area contributed by atoms with Crippen molar-refractivity contribution in [1.29, 1.82) is 0 Å². The number of methoxy groups -OCH3 is 1. The number of nitrogens with zero attached hydrogens (tertiary/aromatic N) is 2. The van der Waals surface area contributed by atoms with E-state index in [0.29, 0.717) is 40.9 Å². The Labute approximate surface area is 178 Å². The van der Waals surface area contributed by atoms with Crippen LogP contribution in [-0.4, -0.2) is 63.3 Å². The number of rotatable bonds is 5. The van der Waals surface area contributed by atoms with Gasteiger partial charge in [-0.25, -0.2) is 0 Å². The number of thiocarbonyl (C=S) groups is 1. The minimum Gasteiger partial charge on any atom is -0.497 e. The number of thioether (sulfide) groups is 1. The lowest BCUT2D eigenvalue weighted by Gasteiger charge is -2.34. The molecule has 1 aromatic carbocycles. The maximum Gasteiger partial charge on any atom is 0.306 e. The Hall–Kier alpha value is -2.39. The quantitative estimate of drug-likeness (QED) is 0.563. The number of benzene rings is 1. The zero-order valence-corrected chi connectivity index (χ0v) is 17.8. The highest BCUT2D eigenvalue weighted by Gasteiger charge is 2.40. The largest absolute Gasteiger partial charge is 0.497 e. The Bertz CT molecular complexity index is 877. The molecule has 154 valence electrons.